The summed E-state index contributed by atoms with van der Waals surface area (Å²) in [6.45, 7) is 1.16. The highest BCUT2D eigenvalue weighted by Crippen LogP contribution is 2.35. The zero-order valence-electron chi connectivity index (χ0n) is 7.46. The molecule has 1 aliphatic rings. The lowest BCUT2D eigenvalue weighted by Crippen LogP contribution is -2.49. The number of aliphatic hydroxyl groups excluding tert-OH is 1. The molecule has 0 saturated carbocycles. The number of aliphatic hydroxyl groups is 1. The fourth-order valence-electron chi connectivity index (χ4n) is 1.52. The predicted molar refractivity (Wildman–Crippen MR) is 56.0 cm³/mol. The van der Waals surface area contributed by atoms with Gasteiger partial charge in [-0.3, -0.25) is 0 Å². The van der Waals surface area contributed by atoms with Crippen molar-refractivity contribution in [3.8, 4) is 0 Å². The van der Waals surface area contributed by atoms with E-state index >= 15 is 0 Å². The van der Waals surface area contributed by atoms with Crippen molar-refractivity contribution in [2.75, 3.05) is 19.8 Å². The molecular formula is C10H10Cl2O2. The first-order valence-corrected chi connectivity index (χ1v) is 5.08. The van der Waals surface area contributed by atoms with Gasteiger partial charge in [0.2, 0.25) is 0 Å². The molecule has 0 aromatic heterocycles. The lowest BCUT2D eigenvalue weighted by atomic mass is 9.79. The van der Waals surface area contributed by atoms with Gasteiger partial charge in [0.25, 0.3) is 0 Å². The molecule has 1 aliphatic heterocycles. The van der Waals surface area contributed by atoms with Gasteiger partial charge in [-0.1, -0.05) is 29.3 Å². The van der Waals surface area contributed by atoms with Gasteiger partial charge >= 0.3 is 0 Å². The summed E-state index contributed by atoms with van der Waals surface area (Å²) in [6, 6.07) is 5.42. The molecule has 0 unspecified atom stereocenters. The molecule has 1 heterocycles. The van der Waals surface area contributed by atoms with Gasteiger partial charge in [-0.2, -0.15) is 0 Å². The third-order valence-corrected chi connectivity index (χ3v) is 3.33. The highest BCUT2D eigenvalue weighted by atomic mass is 35.5. The fourth-order valence-corrected chi connectivity index (χ4v) is 1.82. The standard InChI is InChI=1S/C10H10Cl2O2/c11-8-2-1-7(3-9(8)12)10(4-13)5-14-6-10/h1-3,13H,4-6H2. The Labute approximate surface area is 92.4 Å². The maximum atomic E-state index is 9.29. The lowest BCUT2D eigenvalue weighted by molar-refractivity contribution is -0.0841. The number of halogens is 2. The highest BCUT2D eigenvalue weighted by molar-refractivity contribution is 6.42. The Balaban J connectivity index is 2.36. The molecule has 0 bridgehead atoms. The molecule has 0 spiro atoms. The normalized spacial score (nSPS) is 19.1. The summed E-state index contributed by atoms with van der Waals surface area (Å²) in [6.07, 6.45) is 0. The Morgan fingerprint density at radius 3 is 2.43 bits per heavy atom. The van der Waals surface area contributed by atoms with Crippen molar-refractivity contribution in [2.45, 2.75) is 5.41 Å². The van der Waals surface area contributed by atoms with Crippen molar-refractivity contribution in [3.05, 3.63) is 33.8 Å². The largest absolute Gasteiger partial charge is 0.395 e. The quantitative estimate of drug-likeness (QED) is 0.848. The van der Waals surface area contributed by atoms with Crippen molar-refractivity contribution < 1.29 is 9.84 Å². The van der Waals surface area contributed by atoms with Gasteiger partial charge in [-0.25, -0.2) is 0 Å². The van der Waals surface area contributed by atoms with Crippen molar-refractivity contribution in [1.82, 2.24) is 0 Å². The first-order valence-electron chi connectivity index (χ1n) is 4.32. The minimum Gasteiger partial charge on any atom is -0.395 e. The molecular weight excluding hydrogens is 223 g/mol. The van der Waals surface area contributed by atoms with Gasteiger partial charge in [0, 0.05) is 0 Å². The average molecular weight is 233 g/mol. The monoisotopic (exact) mass is 232 g/mol. The van der Waals surface area contributed by atoms with E-state index in [1.54, 1.807) is 12.1 Å². The lowest BCUT2D eigenvalue weighted by Gasteiger charge is -2.40. The summed E-state index contributed by atoms with van der Waals surface area (Å²) in [7, 11) is 0. The van der Waals surface area contributed by atoms with Crippen LogP contribution in [-0.4, -0.2) is 24.9 Å². The maximum absolute atomic E-state index is 9.29. The number of hydrogen-bond donors (Lipinski definition) is 1. The van der Waals surface area contributed by atoms with E-state index < -0.39 is 0 Å². The van der Waals surface area contributed by atoms with Crippen molar-refractivity contribution in [2.24, 2.45) is 0 Å². The fraction of sp³-hybridized carbons (Fsp3) is 0.400. The Kier molecular flexibility index (Phi) is 2.71. The zero-order valence-corrected chi connectivity index (χ0v) is 8.98. The molecule has 1 aromatic carbocycles. The first kappa shape index (κ1) is 10.2. The zero-order chi connectivity index (χ0) is 10.2. The van der Waals surface area contributed by atoms with Crippen LogP contribution >= 0.6 is 23.2 Å². The molecule has 1 aromatic rings. The Morgan fingerprint density at radius 1 is 1.29 bits per heavy atom. The maximum Gasteiger partial charge on any atom is 0.0651 e. The number of ether oxygens (including phenoxy) is 1. The minimum absolute atomic E-state index is 0.0744. The molecule has 2 rings (SSSR count). The number of benzene rings is 1. The van der Waals surface area contributed by atoms with E-state index in [-0.39, 0.29) is 12.0 Å². The second kappa shape index (κ2) is 3.70. The SMILES string of the molecule is OCC1(c2ccc(Cl)c(Cl)c2)COC1. The Morgan fingerprint density at radius 2 is 2.00 bits per heavy atom. The predicted octanol–water partition coefficient (Wildman–Crippen LogP) is 2.25. The number of hydrogen-bond acceptors (Lipinski definition) is 2. The molecule has 76 valence electrons. The highest BCUT2D eigenvalue weighted by Gasteiger charge is 2.39. The second-order valence-corrected chi connectivity index (χ2v) is 4.37. The van der Waals surface area contributed by atoms with E-state index in [2.05, 4.69) is 0 Å². The van der Waals surface area contributed by atoms with E-state index in [9.17, 15) is 5.11 Å². The van der Waals surface area contributed by atoms with E-state index in [0.29, 0.717) is 23.3 Å². The van der Waals surface area contributed by atoms with E-state index in [0.717, 1.165) is 5.56 Å². The summed E-state index contributed by atoms with van der Waals surface area (Å²) >= 11 is 11.7. The molecule has 2 nitrogen and oxygen atoms in total. The van der Waals surface area contributed by atoms with Crippen LogP contribution in [0, 0.1) is 0 Å². The van der Waals surface area contributed by atoms with Gasteiger partial charge in [0.1, 0.15) is 0 Å². The van der Waals surface area contributed by atoms with Gasteiger partial charge < -0.3 is 9.84 Å². The van der Waals surface area contributed by atoms with Crippen molar-refractivity contribution >= 4 is 23.2 Å². The molecule has 1 N–H and O–H groups in total. The summed E-state index contributed by atoms with van der Waals surface area (Å²) in [5, 5.41) is 10.3. The van der Waals surface area contributed by atoms with Crippen LogP contribution in [-0.2, 0) is 10.2 Å². The summed E-state index contributed by atoms with van der Waals surface area (Å²) < 4.78 is 5.12. The topological polar surface area (TPSA) is 29.5 Å². The van der Waals surface area contributed by atoms with Gasteiger partial charge in [-0.05, 0) is 17.7 Å². The molecule has 4 heteroatoms. The van der Waals surface area contributed by atoms with Crippen LogP contribution in [0.5, 0.6) is 0 Å². The summed E-state index contributed by atoms with van der Waals surface area (Å²) in [5.74, 6) is 0. The molecule has 0 radical (unpaired) electrons. The second-order valence-electron chi connectivity index (χ2n) is 3.56. The smallest absolute Gasteiger partial charge is 0.0651 e. The molecule has 0 amide bonds. The third-order valence-electron chi connectivity index (χ3n) is 2.59. The van der Waals surface area contributed by atoms with Crippen LogP contribution in [0.1, 0.15) is 5.56 Å². The van der Waals surface area contributed by atoms with Crippen LogP contribution in [0.4, 0.5) is 0 Å². The van der Waals surface area contributed by atoms with Gasteiger partial charge in [-0.15, -0.1) is 0 Å². The molecule has 1 saturated heterocycles. The van der Waals surface area contributed by atoms with Crippen LogP contribution < -0.4 is 0 Å². The summed E-state index contributed by atoms with van der Waals surface area (Å²) in [5.41, 5.74) is 0.717. The Hall–Kier alpha value is -0.280. The number of rotatable bonds is 2. The van der Waals surface area contributed by atoms with Crippen LogP contribution in [0.25, 0.3) is 0 Å². The molecule has 14 heavy (non-hydrogen) atoms. The van der Waals surface area contributed by atoms with Gasteiger partial charge in [0.05, 0.1) is 35.3 Å². The molecule has 0 aliphatic carbocycles. The van der Waals surface area contributed by atoms with Crippen LogP contribution in [0.3, 0.4) is 0 Å². The third kappa shape index (κ3) is 1.52. The van der Waals surface area contributed by atoms with E-state index in [1.165, 1.54) is 0 Å². The van der Waals surface area contributed by atoms with Crippen molar-refractivity contribution in [3.63, 3.8) is 0 Å². The molecule has 1 fully saturated rings. The van der Waals surface area contributed by atoms with Gasteiger partial charge in [0.15, 0.2) is 0 Å². The van der Waals surface area contributed by atoms with E-state index in [4.69, 9.17) is 27.9 Å². The Bertz CT molecular complexity index is 342. The van der Waals surface area contributed by atoms with Crippen LogP contribution in [0.15, 0.2) is 18.2 Å². The summed E-state index contributed by atoms with van der Waals surface area (Å²) in [4.78, 5) is 0. The van der Waals surface area contributed by atoms with Crippen molar-refractivity contribution in [1.29, 1.82) is 0 Å². The average Bonchev–Trinajstić information content (AvgIpc) is 2.10. The molecule has 0 atom stereocenters. The van der Waals surface area contributed by atoms with E-state index in [1.807, 2.05) is 6.07 Å². The van der Waals surface area contributed by atoms with Crippen LogP contribution in [0.2, 0.25) is 10.0 Å². The minimum atomic E-state index is -0.270. The first-order chi connectivity index (χ1) is 6.68.